The number of anilines is 1. The zero-order valence-corrected chi connectivity index (χ0v) is 12.8. The van der Waals surface area contributed by atoms with Crippen molar-refractivity contribution in [3.63, 3.8) is 0 Å². The SMILES string of the molecule is COc1cccc(N(C)CC2CCOCC2)c1C(C)N. The highest BCUT2D eigenvalue weighted by atomic mass is 16.5. The Morgan fingerprint density at radius 2 is 2.10 bits per heavy atom. The topological polar surface area (TPSA) is 47.7 Å². The Balaban J connectivity index is 2.17. The van der Waals surface area contributed by atoms with Gasteiger partial charge in [-0.3, -0.25) is 0 Å². The van der Waals surface area contributed by atoms with Gasteiger partial charge >= 0.3 is 0 Å². The van der Waals surface area contributed by atoms with Crippen LogP contribution in [0.3, 0.4) is 0 Å². The van der Waals surface area contributed by atoms with Crippen LogP contribution >= 0.6 is 0 Å². The Hall–Kier alpha value is -1.26. The Morgan fingerprint density at radius 1 is 1.40 bits per heavy atom. The van der Waals surface area contributed by atoms with Crippen molar-refractivity contribution >= 4 is 5.69 Å². The van der Waals surface area contributed by atoms with E-state index in [4.69, 9.17) is 15.2 Å². The summed E-state index contributed by atoms with van der Waals surface area (Å²) >= 11 is 0. The average molecular weight is 278 g/mol. The van der Waals surface area contributed by atoms with Crippen molar-refractivity contribution in [3.05, 3.63) is 23.8 Å². The number of nitrogens with zero attached hydrogens (tertiary/aromatic N) is 1. The van der Waals surface area contributed by atoms with Crippen molar-refractivity contribution in [2.24, 2.45) is 11.7 Å². The number of rotatable bonds is 5. The first-order valence-electron chi connectivity index (χ1n) is 7.34. The van der Waals surface area contributed by atoms with Gasteiger partial charge in [0.25, 0.3) is 0 Å². The van der Waals surface area contributed by atoms with Crippen LogP contribution in [0.4, 0.5) is 5.69 Å². The summed E-state index contributed by atoms with van der Waals surface area (Å²) in [5.41, 5.74) is 8.39. The molecule has 2 rings (SSSR count). The summed E-state index contributed by atoms with van der Waals surface area (Å²) in [7, 11) is 3.83. The molecule has 1 aliphatic rings. The van der Waals surface area contributed by atoms with Gasteiger partial charge in [0.2, 0.25) is 0 Å². The molecule has 1 atom stereocenters. The summed E-state index contributed by atoms with van der Waals surface area (Å²) in [5, 5.41) is 0. The van der Waals surface area contributed by atoms with E-state index in [9.17, 15) is 0 Å². The first kappa shape index (κ1) is 15.1. The number of hydrogen-bond acceptors (Lipinski definition) is 4. The van der Waals surface area contributed by atoms with Crippen molar-refractivity contribution in [3.8, 4) is 5.75 Å². The van der Waals surface area contributed by atoms with E-state index in [1.165, 1.54) is 5.69 Å². The van der Waals surface area contributed by atoms with E-state index in [1.807, 2.05) is 19.1 Å². The molecular weight excluding hydrogens is 252 g/mol. The highest BCUT2D eigenvalue weighted by Gasteiger charge is 2.20. The lowest BCUT2D eigenvalue weighted by Crippen LogP contribution is -2.30. The molecule has 112 valence electrons. The first-order chi connectivity index (χ1) is 9.63. The molecule has 1 aromatic carbocycles. The molecule has 0 bridgehead atoms. The standard InChI is InChI=1S/C16H26N2O2/c1-12(17)16-14(5-4-6-15(16)19-3)18(2)11-13-7-9-20-10-8-13/h4-6,12-13H,7-11,17H2,1-3H3. The van der Waals surface area contributed by atoms with Crippen LogP contribution in [0.5, 0.6) is 5.75 Å². The number of methoxy groups -OCH3 is 1. The lowest BCUT2D eigenvalue weighted by atomic mass is 9.98. The molecule has 0 aliphatic carbocycles. The maximum absolute atomic E-state index is 6.14. The molecule has 0 amide bonds. The van der Waals surface area contributed by atoms with Crippen molar-refractivity contribution < 1.29 is 9.47 Å². The fourth-order valence-electron chi connectivity index (χ4n) is 2.92. The van der Waals surface area contributed by atoms with Gasteiger partial charge in [0, 0.05) is 44.1 Å². The molecule has 1 unspecified atom stereocenters. The van der Waals surface area contributed by atoms with Gasteiger partial charge in [0.15, 0.2) is 0 Å². The molecule has 1 saturated heterocycles. The molecule has 1 aromatic rings. The van der Waals surface area contributed by atoms with Crippen molar-refractivity contribution in [1.29, 1.82) is 0 Å². The normalized spacial score (nSPS) is 17.8. The predicted molar refractivity (Wildman–Crippen MR) is 82.4 cm³/mol. The van der Waals surface area contributed by atoms with Crippen LogP contribution in [0.2, 0.25) is 0 Å². The lowest BCUT2D eigenvalue weighted by molar-refractivity contribution is 0.0685. The van der Waals surface area contributed by atoms with Gasteiger partial charge in [-0.25, -0.2) is 0 Å². The monoisotopic (exact) mass is 278 g/mol. The van der Waals surface area contributed by atoms with Crippen LogP contribution in [0.1, 0.15) is 31.4 Å². The summed E-state index contributed by atoms with van der Waals surface area (Å²) < 4.78 is 10.9. The number of nitrogens with two attached hydrogens (primary N) is 1. The molecule has 0 saturated carbocycles. The van der Waals surface area contributed by atoms with Crippen LogP contribution in [0, 0.1) is 5.92 Å². The molecule has 0 aromatic heterocycles. The minimum Gasteiger partial charge on any atom is -0.496 e. The van der Waals surface area contributed by atoms with Crippen molar-refractivity contribution in [1.82, 2.24) is 0 Å². The van der Waals surface area contributed by atoms with E-state index in [-0.39, 0.29) is 6.04 Å². The van der Waals surface area contributed by atoms with Gasteiger partial charge < -0.3 is 20.1 Å². The van der Waals surface area contributed by atoms with Crippen LogP contribution < -0.4 is 15.4 Å². The van der Waals surface area contributed by atoms with E-state index in [2.05, 4.69) is 18.0 Å². The molecule has 1 heterocycles. The number of benzene rings is 1. The average Bonchev–Trinajstić information content (AvgIpc) is 2.47. The van der Waals surface area contributed by atoms with Gasteiger partial charge in [-0.05, 0) is 37.8 Å². The van der Waals surface area contributed by atoms with E-state index in [1.54, 1.807) is 7.11 Å². The van der Waals surface area contributed by atoms with E-state index in [0.717, 1.165) is 43.9 Å². The maximum atomic E-state index is 6.14. The van der Waals surface area contributed by atoms with Gasteiger partial charge in [-0.15, -0.1) is 0 Å². The summed E-state index contributed by atoms with van der Waals surface area (Å²) in [6.07, 6.45) is 2.28. The Labute approximate surface area is 121 Å². The third-order valence-electron chi connectivity index (χ3n) is 4.00. The van der Waals surface area contributed by atoms with Crippen molar-refractivity contribution in [2.75, 3.05) is 38.8 Å². The second-order valence-corrected chi connectivity index (χ2v) is 5.62. The fourth-order valence-corrected chi connectivity index (χ4v) is 2.92. The van der Waals surface area contributed by atoms with E-state index < -0.39 is 0 Å². The number of ether oxygens (including phenoxy) is 2. The van der Waals surface area contributed by atoms with E-state index >= 15 is 0 Å². The third-order valence-corrected chi connectivity index (χ3v) is 4.00. The van der Waals surface area contributed by atoms with Gasteiger partial charge in [-0.1, -0.05) is 6.07 Å². The molecule has 2 N–H and O–H groups in total. The molecule has 0 spiro atoms. The summed E-state index contributed by atoms with van der Waals surface area (Å²) in [4.78, 5) is 2.30. The highest BCUT2D eigenvalue weighted by molar-refractivity contribution is 5.60. The first-order valence-corrected chi connectivity index (χ1v) is 7.34. The Bertz CT molecular complexity index is 428. The molecule has 1 fully saturated rings. The predicted octanol–water partition coefficient (Wildman–Crippen LogP) is 2.58. The maximum Gasteiger partial charge on any atom is 0.125 e. The molecule has 20 heavy (non-hydrogen) atoms. The smallest absolute Gasteiger partial charge is 0.125 e. The zero-order chi connectivity index (χ0) is 14.5. The summed E-state index contributed by atoms with van der Waals surface area (Å²) in [5.74, 6) is 1.57. The van der Waals surface area contributed by atoms with Gasteiger partial charge in [-0.2, -0.15) is 0 Å². The van der Waals surface area contributed by atoms with Gasteiger partial charge in [0.05, 0.1) is 7.11 Å². The Kier molecular flexibility index (Phi) is 5.26. The number of hydrogen-bond donors (Lipinski definition) is 1. The summed E-state index contributed by atoms with van der Waals surface area (Å²) in [6, 6.07) is 6.09. The largest absolute Gasteiger partial charge is 0.496 e. The molecule has 1 aliphatic heterocycles. The fraction of sp³-hybridized carbons (Fsp3) is 0.625. The molecule has 4 heteroatoms. The van der Waals surface area contributed by atoms with Crippen LogP contribution in [0.15, 0.2) is 18.2 Å². The molecular formula is C16H26N2O2. The van der Waals surface area contributed by atoms with Crippen molar-refractivity contribution in [2.45, 2.75) is 25.8 Å². The van der Waals surface area contributed by atoms with Crippen LogP contribution in [-0.4, -0.2) is 33.9 Å². The second kappa shape index (κ2) is 6.95. The second-order valence-electron chi connectivity index (χ2n) is 5.62. The van der Waals surface area contributed by atoms with Crippen LogP contribution in [-0.2, 0) is 4.74 Å². The zero-order valence-electron chi connectivity index (χ0n) is 12.8. The quantitative estimate of drug-likeness (QED) is 0.899. The minimum atomic E-state index is -0.0433. The van der Waals surface area contributed by atoms with Crippen LogP contribution in [0.25, 0.3) is 0 Å². The molecule has 4 nitrogen and oxygen atoms in total. The Morgan fingerprint density at radius 3 is 2.70 bits per heavy atom. The van der Waals surface area contributed by atoms with Gasteiger partial charge in [0.1, 0.15) is 5.75 Å². The lowest BCUT2D eigenvalue weighted by Gasteiger charge is -2.31. The summed E-state index contributed by atoms with van der Waals surface area (Å²) in [6.45, 7) is 4.81. The van der Waals surface area contributed by atoms with E-state index in [0.29, 0.717) is 5.92 Å². The highest BCUT2D eigenvalue weighted by Crippen LogP contribution is 2.33. The third kappa shape index (κ3) is 3.44. The minimum absolute atomic E-state index is 0.0433. The molecule has 0 radical (unpaired) electrons.